The van der Waals surface area contributed by atoms with Crippen LogP contribution in [0.25, 0.3) is 11.3 Å². The Morgan fingerprint density at radius 3 is 2.79 bits per heavy atom. The molecule has 0 amide bonds. The number of nitrogens with two attached hydrogens (primary N) is 1. The third kappa shape index (κ3) is 1.63. The second-order valence-electron chi connectivity index (χ2n) is 2.83. The molecule has 4 nitrogen and oxygen atoms in total. The molecule has 2 rings (SSSR count). The van der Waals surface area contributed by atoms with E-state index in [4.69, 9.17) is 10.2 Å². The third-order valence-corrected chi connectivity index (χ3v) is 2.21. The van der Waals surface area contributed by atoms with Gasteiger partial charge in [-0.1, -0.05) is 0 Å². The van der Waals surface area contributed by atoms with Crippen molar-refractivity contribution in [2.24, 2.45) is 0 Å². The van der Waals surface area contributed by atoms with Crippen LogP contribution in [0.1, 0.15) is 5.89 Å². The summed E-state index contributed by atoms with van der Waals surface area (Å²) >= 11 is 3.32. The molecule has 5 heteroatoms. The summed E-state index contributed by atoms with van der Waals surface area (Å²) in [4.78, 5) is 8.01. The standard InChI is InChI=1S/C9H8BrN3O/c1-5-12-4-8(14-5)7-2-6(10)3-13-9(7)11/h2-4H,1H3,(H2,11,13). The molecule has 14 heavy (non-hydrogen) atoms. The van der Waals surface area contributed by atoms with Gasteiger partial charge >= 0.3 is 0 Å². The van der Waals surface area contributed by atoms with Crippen LogP contribution in [0.15, 0.2) is 27.3 Å². The average Bonchev–Trinajstić information content (AvgIpc) is 2.56. The second-order valence-corrected chi connectivity index (χ2v) is 3.75. The van der Waals surface area contributed by atoms with Crippen molar-refractivity contribution in [1.29, 1.82) is 0 Å². The lowest BCUT2D eigenvalue weighted by atomic mass is 10.2. The minimum Gasteiger partial charge on any atom is -0.441 e. The Labute approximate surface area is 89.3 Å². The monoisotopic (exact) mass is 253 g/mol. The zero-order valence-corrected chi connectivity index (χ0v) is 9.08. The molecule has 0 aliphatic heterocycles. The van der Waals surface area contributed by atoms with Crippen molar-refractivity contribution in [3.8, 4) is 11.3 Å². The van der Waals surface area contributed by atoms with Crippen LogP contribution in [0.2, 0.25) is 0 Å². The van der Waals surface area contributed by atoms with E-state index in [9.17, 15) is 0 Å². The Balaban J connectivity index is 2.55. The number of nitrogens with zero attached hydrogens (tertiary/aromatic N) is 2. The van der Waals surface area contributed by atoms with Gasteiger partial charge in [-0.2, -0.15) is 0 Å². The molecule has 0 fully saturated rings. The number of aryl methyl sites for hydroxylation is 1. The van der Waals surface area contributed by atoms with Gasteiger partial charge in [0.05, 0.1) is 11.8 Å². The van der Waals surface area contributed by atoms with E-state index in [-0.39, 0.29) is 0 Å². The van der Waals surface area contributed by atoms with Crippen molar-refractivity contribution in [3.05, 3.63) is 28.8 Å². The number of oxazole rings is 1. The van der Waals surface area contributed by atoms with Crippen molar-refractivity contribution in [2.45, 2.75) is 6.92 Å². The molecule has 0 aromatic carbocycles. The first-order valence-electron chi connectivity index (χ1n) is 4.00. The Morgan fingerprint density at radius 1 is 1.36 bits per heavy atom. The third-order valence-electron chi connectivity index (χ3n) is 1.77. The van der Waals surface area contributed by atoms with Crippen molar-refractivity contribution in [3.63, 3.8) is 0 Å². The lowest BCUT2D eigenvalue weighted by molar-refractivity contribution is 0.534. The van der Waals surface area contributed by atoms with Crippen LogP contribution >= 0.6 is 15.9 Å². The summed E-state index contributed by atoms with van der Waals surface area (Å²) in [6, 6.07) is 1.85. The first-order valence-corrected chi connectivity index (χ1v) is 4.80. The number of anilines is 1. The molecular weight excluding hydrogens is 246 g/mol. The summed E-state index contributed by atoms with van der Waals surface area (Å²) in [7, 11) is 0. The predicted octanol–water partition coefficient (Wildman–Crippen LogP) is 2.39. The van der Waals surface area contributed by atoms with Gasteiger partial charge in [0, 0.05) is 17.6 Å². The van der Waals surface area contributed by atoms with Gasteiger partial charge in [0.25, 0.3) is 0 Å². The van der Waals surface area contributed by atoms with Gasteiger partial charge in [-0.05, 0) is 22.0 Å². The summed E-state index contributed by atoms with van der Waals surface area (Å²) in [6.45, 7) is 1.78. The Kier molecular flexibility index (Phi) is 2.25. The van der Waals surface area contributed by atoms with Gasteiger partial charge in [-0.15, -0.1) is 0 Å². The summed E-state index contributed by atoms with van der Waals surface area (Å²) < 4.78 is 6.21. The normalized spacial score (nSPS) is 10.4. The van der Waals surface area contributed by atoms with Crippen LogP contribution in [0.4, 0.5) is 5.82 Å². The highest BCUT2D eigenvalue weighted by Gasteiger charge is 2.08. The summed E-state index contributed by atoms with van der Waals surface area (Å²) in [5.41, 5.74) is 6.46. The average molecular weight is 254 g/mol. The zero-order chi connectivity index (χ0) is 10.1. The summed E-state index contributed by atoms with van der Waals surface area (Å²) in [5.74, 6) is 1.68. The van der Waals surface area contributed by atoms with E-state index in [1.807, 2.05) is 6.07 Å². The van der Waals surface area contributed by atoms with E-state index in [0.29, 0.717) is 17.5 Å². The van der Waals surface area contributed by atoms with Crippen molar-refractivity contribution in [2.75, 3.05) is 5.73 Å². The highest BCUT2D eigenvalue weighted by Crippen LogP contribution is 2.27. The van der Waals surface area contributed by atoms with Crippen LogP contribution in [0.5, 0.6) is 0 Å². The molecule has 0 aliphatic carbocycles. The SMILES string of the molecule is Cc1ncc(-c2cc(Br)cnc2N)o1. The first-order chi connectivity index (χ1) is 6.66. The minimum absolute atomic E-state index is 0.435. The molecule has 0 atom stereocenters. The number of nitrogen functional groups attached to an aromatic ring is 1. The fraction of sp³-hybridized carbons (Fsp3) is 0.111. The topological polar surface area (TPSA) is 64.9 Å². The van der Waals surface area contributed by atoms with Gasteiger partial charge in [0.1, 0.15) is 5.82 Å². The van der Waals surface area contributed by atoms with E-state index in [0.717, 1.165) is 10.0 Å². The number of hydrogen-bond acceptors (Lipinski definition) is 4. The molecule has 0 saturated heterocycles. The van der Waals surface area contributed by atoms with Crippen LogP contribution in [-0.2, 0) is 0 Å². The van der Waals surface area contributed by atoms with Crippen LogP contribution in [0, 0.1) is 6.92 Å². The molecule has 2 aromatic heterocycles. The number of halogens is 1. The second kappa shape index (κ2) is 3.42. The van der Waals surface area contributed by atoms with E-state index < -0.39 is 0 Å². The summed E-state index contributed by atoms with van der Waals surface area (Å²) in [5, 5.41) is 0. The summed E-state index contributed by atoms with van der Waals surface area (Å²) in [6.07, 6.45) is 3.28. The molecule has 2 heterocycles. The maximum absolute atomic E-state index is 5.71. The number of rotatable bonds is 1. The molecule has 0 unspecified atom stereocenters. The number of aromatic nitrogens is 2. The molecule has 0 spiro atoms. The Bertz CT molecular complexity index is 467. The lowest BCUT2D eigenvalue weighted by Crippen LogP contribution is -1.92. The predicted molar refractivity (Wildman–Crippen MR) is 56.6 cm³/mol. The van der Waals surface area contributed by atoms with Crippen LogP contribution in [-0.4, -0.2) is 9.97 Å². The smallest absolute Gasteiger partial charge is 0.191 e. The van der Waals surface area contributed by atoms with Gasteiger partial charge in [-0.25, -0.2) is 9.97 Å². The van der Waals surface area contributed by atoms with Gasteiger partial charge in [0.2, 0.25) is 0 Å². The largest absolute Gasteiger partial charge is 0.441 e. The maximum atomic E-state index is 5.71. The molecule has 0 bridgehead atoms. The molecule has 0 radical (unpaired) electrons. The van der Waals surface area contributed by atoms with Crippen LogP contribution in [0.3, 0.4) is 0 Å². The fourth-order valence-electron chi connectivity index (χ4n) is 1.13. The fourth-order valence-corrected chi connectivity index (χ4v) is 1.46. The molecule has 2 N–H and O–H groups in total. The number of hydrogen-bond donors (Lipinski definition) is 1. The highest BCUT2D eigenvalue weighted by molar-refractivity contribution is 9.10. The highest BCUT2D eigenvalue weighted by atomic mass is 79.9. The molecule has 0 saturated carbocycles. The van der Waals surface area contributed by atoms with Gasteiger partial charge in [0.15, 0.2) is 11.7 Å². The van der Waals surface area contributed by atoms with Crippen molar-refractivity contribution < 1.29 is 4.42 Å². The Hall–Kier alpha value is -1.36. The molecular formula is C9H8BrN3O. The molecule has 2 aromatic rings. The first kappa shape index (κ1) is 9.21. The van der Waals surface area contributed by atoms with Gasteiger partial charge in [-0.3, -0.25) is 0 Å². The van der Waals surface area contributed by atoms with E-state index >= 15 is 0 Å². The van der Waals surface area contributed by atoms with E-state index in [1.165, 1.54) is 0 Å². The Morgan fingerprint density at radius 2 is 2.14 bits per heavy atom. The molecule has 0 aliphatic rings. The van der Waals surface area contributed by atoms with Crippen molar-refractivity contribution in [1.82, 2.24) is 9.97 Å². The maximum Gasteiger partial charge on any atom is 0.191 e. The van der Waals surface area contributed by atoms with Crippen LogP contribution < -0.4 is 5.73 Å². The molecule has 72 valence electrons. The van der Waals surface area contributed by atoms with E-state index in [1.54, 1.807) is 19.3 Å². The zero-order valence-electron chi connectivity index (χ0n) is 7.49. The quantitative estimate of drug-likeness (QED) is 0.848. The van der Waals surface area contributed by atoms with Gasteiger partial charge < -0.3 is 10.2 Å². The van der Waals surface area contributed by atoms with Crippen molar-refractivity contribution >= 4 is 21.7 Å². The van der Waals surface area contributed by atoms with E-state index in [2.05, 4.69) is 25.9 Å². The lowest BCUT2D eigenvalue weighted by Gasteiger charge is -2.00. The number of pyridine rings is 1. The minimum atomic E-state index is 0.435.